The molecule has 0 saturated carbocycles. The van der Waals surface area contributed by atoms with Crippen LogP contribution in [0.4, 0.5) is 24.5 Å². The van der Waals surface area contributed by atoms with Crippen molar-refractivity contribution in [1.29, 1.82) is 0 Å². The number of hydrogen-bond donors (Lipinski definition) is 2. The van der Waals surface area contributed by atoms with Gasteiger partial charge in [-0.15, -0.1) is 0 Å². The van der Waals surface area contributed by atoms with Crippen molar-refractivity contribution in [2.45, 2.75) is 30.0 Å². The van der Waals surface area contributed by atoms with E-state index in [9.17, 15) is 26.4 Å². The predicted octanol–water partition coefficient (Wildman–Crippen LogP) is 5.24. The summed E-state index contributed by atoms with van der Waals surface area (Å²) < 4.78 is 78.2. The summed E-state index contributed by atoms with van der Waals surface area (Å²) in [4.78, 5) is 21.1. The molecule has 0 spiro atoms. The number of alkyl halides is 3. The molecule has 236 valence electrons. The topological polar surface area (TPSA) is 118 Å². The third-order valence-corrected chi connectivity index (χ3v) is 9.60. The molecule has 1 amide bonds. The molecule has 3 N–H and O–H groups in total. The second-order valence-corrected chi connectivity index (χ2v) is 12.9. The minimum Gasteiger partial charge on any atom is -0.399 e. The van der Waals surface area contributed by atoms with Crippen molar-refractivity contribution >= 4 is 38.2 Å². The number of anilines is 2. The van der Waals surface area contributed by atoms with E-state index in [2.05, 4.69) is 14.6 Å². The smallest absolute Gasteiger partial charge is 0.399 e. The van der Waals surface area contributed by atoms with Crippen LogP contribution in [-0.4, -0.2) is 74.5 Å². The Morgan fingerprint density at radius 2 is 1.78 bits per heavy atom. The molecular formula is C32H32F3N5O4S. The lowest BCUT2D eigenvalue weighted by molar-refractivity contribution is -0.136. The van der Waals surface area contributed by atoms with Crippen molar-refractivity contribution in [3.63, 3.8) is 0 Å². The van der Waals surface area contributed by atoms with E-state index >= 15 is 0 Å². The lowest BCUT2D eigenvalue weighted by atomic mass is 10.0. The summed E-state index contributed by atoms with van der Waals surface area (Å²) in [6.07, 6.45) is -1.19. The number of sulfonamides is 1. The average Bonchev–Trinajstić information content (AvgIpc) is 3.53. The van der Waals surface area contributed by atoms with Crippen LogP contribution in [0.25, 0.3) is 22.0 Å². The quantitative estimate of drug-likeness (QED) is 0.266. The van der Waals surface area contributed by atoms with Crippen molar-refractivity contribution in [2.75, 3.05) is 49.8 Å². The first-order valence-electron chi connectivity index (χ1n) is 14.6. The second kappa shape index (κ2) is 12.3. The highest BCUT2D eigenvalue weighted by atomic mass is 32.2. The minimum atomic E-state index is -4.95. The van der Waals surface area contributed by atoms with E-state index in [4.69, 9.17) is 10.5 Å². The lowest BCUT2D eigenvalue weighted by Crippen LogP contribution is -2.50. The summed E-state index contributed by atoms with van der Waals surface area (Å²) in [5.41, 5.74) is 5.29. The maximum atomic E-state index is 14.3. The number of amides is 1. The fraction of sp³-hybridized carbons (Fsp3) is 0.312. The van der Waals surface area contributed by atoms with Crippen LogP contribution < -0.4 is 10.5 Å². The Kier molecular flexibility index (Phi) is 8.42. The highest BCUT2D eigenvalue weighted by Crippen LogP contribution is 2.39. The molecule has 1 aromatic heterocycles. The number of carbonyl (C=O) groups excluding carboxylic acids is 1. The molecule has 0 bridgehead atoms. The normalized spacial score (nSPS) is 17.9. The number of nitrogens with one attached hydrogen (secondary N) is 1. The predicted molar refractivity (Wildman–Crippen MR) is 165 cm³/mol. The van der Waals surface area contributed by atoms with Crippen LogP contribution in [0, 0.1) is 0 Å². The van der Waals surface area contributed by atoms with Gasteiger partial charge in [-0.1, -0.05) is 24.3 Å². The molecule has 2 saturated heterocycles. The number of nitrogen functional groups attached to an aromatic ring is 1. The molecule has 0 aliphatic carbocycles. The Bertz CT molecular complexity index is 1830. The number of hydrogen-bond acceptors (Lipinski definition) is 7. The molecule has 9 nitrogen and oxygen atoms in total. The van der Waals surface area contributed by atoms with E-state index in [1.807, 2.05) is 12.1 Å². The molecule has 4 aromatic rings. The molecule has 13 heteroatoms. The van der Waals surface area contributed by atoms with Gasteiger partial charge in [0.05, 0.1) is 27.8 Å². The highest BCUT2D eigenvalue weighted by molar-refractivity contribution is 7.92. The first-order chi connectivity index (χ1) is 21.5. The van der Waals surface area contributed by atoms with Gasteiger partial charge in [-0.3, -0.25) is 19.4 Å². The van der Waals surface area contributed by atoms with Gasteiger partial charge < -0.3 is 15.4 Å². The molecule has 1 unspecified atom stereocenters. The van der Waals surface area contributed by atoms with Crippen LogP contribution >= 0.6 is 0 Å². The Morgan fingerprint density at radius 3 is 2.51 bits per heavy atom. The third kappa shape index (κ3) is 6.60. The van der Waals surface area contributed by atoms with Gasteiger partial charge in [-0.05, 0) is 55.3 Å². The van der Waals surface area contributed by atoms with E-state index in [1.165, 1.54) is 29.2 Å². The van der Waals surface area contributed by atoms with Gasteiger partial charge in [-0.25, -0.2) is 8.42 Å². The lowest BCUT2D eigenvalue weighted by Gasteiger charge is -2.35. The summed E-state index contributed by atoms with van der Waals surface area (Å²) in [6, 6.07) is 15.7. The third-order valence-electron chi connectivity index (χ3n) is 8.18. The number of piperazine rings is 1. The average molecular weight is 640 g/mol. The number of para-hydroxylation sites is 1. The van der Waals surface area contributed by atoms with E-state index < -0.39 is 33.4 Å². The zero-order valence-electron chi connectivity index (χ0n) is 24.3. The number of carbonyl (C=O) groups is 1. The van der Waals surface area contributed by atoms with Gasteiger partial charge in [0.15, 0.2) is 0 Å². The highest BCUT2D eigenvalue weighted by Gasteiger charge is 2.36. The van der Waals surface area contributed by atoms with Gasteiger partial charge in [-0.2, -0.15) is 13.2 Å². The monoisotopic (exact) mass is 639 g/mol. The first-order valence-corrected chi connectivity index (χ1v) is 16.1. The van der Waals surface area contributed by atoms with Crippen molar-refractivity contribution in [3.8, 4) is 11.1 Å². The van der Waals surface area contributed by atoms with Crippen molar-refractivity contribution in [2.24, 2.45) is 0 Å². The van der Waals surface area contributed by atoms with Crippen LogP contribution in [0.3, 0.4) is 0 Å². The SMILES string of the molecule is Nc1ccc(S(=O)(=O)Nc2ccc(C(=O)N3CCN(CC4CCCO4)CC3)cc2C(F)(F)F)c(-c2cccc3cccnc23)c1. The molecule has 6 rings (SSSR count). The van der Waals surface area contributed by atoms with E-state index in [-0.39, 0.29) is 27.8 Å². The number of nitrogens with zero attached hydrogens (tertiary/aromatic N) is 3. The zero-order valence-corrected chi connectivity index (χ0v) is 25.1. The summed E-state index contributed by atoms with van der Waals surface area (Å²) in [5.74, 6) is -0.545. The molecule has 0 radical (unpaired) electrons. The first kappa shape index (κ1) is 30.8. The van der Waals surface area contributed by atoms with Crippen LogP contribution in [0.2, 0.25) is 0 Å². The van der Waals surface area contributed by atoms with Crippen LogP contribution in [-0.2, 0) is 20.9 Å². The molecule has 2 aliphatic heterocycles. The standard InChI is InChI=1S/C32H32F3N5O4S/c33-32(34,35)27-18-22(31(41)40-15-13-39(14-16-40)20-24-6-3-17-44-24)8-10-28(27)38-45(42,43)29-11-9-23(36)19-26(29)25-7-1-4-21-5-2-12-37-30(21)25/h1-2,4-5,7-12,18-19,24,38H,3,6,13-17,20,36H2. The van der Waals surface area contributed by atoms with Crippen molar-refractivity contribution in [1.82, 2.24) is 14.8 Å². The van der Waals surface area contributed by atoms with Crippen LogP contribution in [0.15, 0.2) is 77.8 Å². The Labute approximate surface area is 258 Å². The van der Waals surface area contributed by atoms with E-state index in [0.29, 0.717) is 43.3 Å². The Balaban J connectivity index is 1.27. The molecular weight excluding hydrogens is 607 g/mol. The Hall–Kier alpha value is -4.20. The number of pyridine rings is 1. The van der Waals surface area contributed by atoms with Gasteiger partial charge in [0.25, 0.3) is 15.9 Å². The number of benzene rings is 3. The molecule has 3 heterocycles. The number of halogens is 3. The van der Waals surface area contributed by atoms with Crippen LogP contribution in [0.5, 0.6) is 0 Å². The maximum absolute atomic E-state index is 14.3. The number of fused-ring (bicyclic) bond motifs is 1. The summed E-state index contributed by atoms with van der Waals surface area (Å²) in [7, 11) is -4.57. The van der Waals surface area contributed by atoms with E-state index in [0.717, 1.165) is 37.4 Å². The minimum absolute atomic E-state index is 0.172. The zero-order chi connectivity index (χ0) is 31.8. The summed E-state index contributed by atoms with van der Waals surface area (Å²) >= 11 is 0. The number of ether oxygens (including phenoxy) is 1. The van der Waals surface area contributed by atoms with Gasteiger partial charge in [0.2, 0.25) is 0 Å². The Morgan fingerprint density at radius 1 is 1.00 bits per heavy atom. The number of nitrogens with two attached hydrogens (primary N) is 1. The second-order valence-electron chi connectivity index (χ2n) is 11.2. The van der Waals surface area contributed by atoms with Gasteiger partial charge in [0.1, 0.15) is 0 Å². The maximum Gasteiger partial charge on any atom is 0.418 e. The summed E-state index contributed by atoms with van der Waals surface area (Å²) in [5, 5.41) is 0.748. The van der Waals surface area contributed by atoms with Crippen molar-refractivity contribution in [3.05, 3.63) is 84.1 Å². The molecule has 45 heavy (non-hydrogen) atoms. The fourth-order valence-electron chi connectivity index (χ4n) is 5.91. The van der Waals surface area contributed by atoms with Crippen LogP contribution in [0.1, 0.15) is 28.8 Å². The molecule has 3 aromatic carbocycles. The van der Waals surface area contributed by atoms with E-state index in [1.54, 1.807) is 24.4 Å². The van der Waals surface area contributed by atoms with Gasteiger partial charge in [0, 0.05) is 73.3 Å². The largest absolute Gasteiger partial charge is 0.418 e. The summed E-state index contributed by atoms with van der Waals surface area (Å²) in [6.45, 7) is 3.42. The molecule has 2 fully saturated rings. The van der Waals surface area contributed by atoms with Crippen molar-refractivity contribution < 1.29 is 31.1 Å². The fourth-order valence-corrected chi connectivity index (χ4v) is 7.19. The molecule has 1 atom stereocenters. The van der Waals surface area contributed by atoms with Gasteiger partial charge >= 0.3 is 6.18 Å². The molecule has 2 aliphatic rings. The number of rotatable bonds is 7. The number of aromatic nitrogens is 1.